The van der Waals surface area contributed by atoms with Crippen LogP contribution in [-0.4, -0.2) is 16.6 Å². The van der Waals surface area contributed by atoms with E-state index in [1.54, 1.807) is 18.5 Å². The van der Waals surface area contributed by atoms with Crippen molar-refractivity contribution in [2.45, 2.75) is 32.9 Å². The molecule has 0 aliphatic carbocycles. The molecule has 0 spiro atoms. The van der Waals surface area contributed by atoms with Gasteiger partial charge in [-0.1, -0.05) is 20.3 Å². The van der Waals surface area contributed by atoms with Crippen LogP contribution < -0.4 is 4.74 Å². The van der Waals surface area contributed by atoms with Gasteiger partial charge >= 0.3 is 6.18 Å². The molecule has 0 fully saturated rings. The van der Waals surface area contributed by atoms with Crippen molar-refractivity contribution in [1.82, 2.24) is 9.97 Å². The lowest BCUT2D eigenvalue weighted by Crippen LogP contribution is -2.04. The van der Waals surface area contributed by atoms with E-state index < -0.39 is 11.7 Å². The Morgan fingerprint density at radius 2 is 2.04 bits per heavy atom. The van der Waals surface area contributed by atoms with Crippen molar-refractivity contribution in [3.63, 3.8) is 0 Å². The first-order valence-electron chi connectivity index (χ1n) is 8.43. The predicted octanol–water partition coefficient (Wildman–Crippen LogP) is 5.72. The number of alkyl halides is 3. The van der Waals surface area contributed by atoms with Crippen LogP contribution in [0.25, 0.3) is 22.6 Å². The number of fused-ring (bicyclic) bond motifs is 1. The van der Waals surface area contributed by atoms with Crippen molar-refractivity contribution < 1.29 is 22.3 Å². The molecule has 7 heteroatoms. The Hall–Kier alpha value is -2.57. The number of hydrogen-bond donors (Lipinski definition) is 0. The number of rotatable bonds is 6. The van der Waals surface area contributed by atoms with E-state index in [9.17, 15) is 13.2 Å². The minimum absolute atomic E-state index is 0.150. The molecule has 0 saturated carbocycles. The third-order valence-corrected chi connectivity index (χ3v) is 4.29. The van der Waals surface area contributed by atoms with Gasteiger partial charge in [0.05, 0.1) is 23.9 Å². The van der Waals surface area contributed by atoms with Crippen LogP contribution in [0.4, 0.5) is 13.2 Å². The molecule has 0 saturated heterocycles. The molecule has 0 radical (unpaired) electrons. The molecule has 2 aromatic heterocycles. The third-order valence-electron chi connectivity index (χ3n) is 4.29. The molecule has 0 amide bonds. The van der Waals surface area contributed by atoms with Crippen LogP contribution in [0.15, 0.2) is 41.1 Å². The Kier molecular flexibility index (Phi) is 5.15. The summed E-state index contributed by atoms with van der Waals surface area (Å²) in [7, 11) is 0. The van der Waals surface area contributed by atoms with Gasteiger partial charge in [-0.25, -0.2) is 4.98 Å². The first-order valence-corrected chi connectivity index (χ1v) is 8.43. The van der Waals surface area contributed by atoms with Gasteiger partial charge in [0.25, 0.3) is 0 Å². The summed E-state index contributed by atoms with van der Waals surface area (Å²) in [5.74, 6) is 1.25. The number of benzene rings is 1. The fourth-order valence-electron chi connectivity index (χ4n) is 2.46. The highest BCUT2D eigenvalue weighted by molar-refractivity contribution is 5.78. The molecule has 0 aliphatic rings. The molecular formula is C19H19F3N2O2. The van der Waals surface area contributed by atoms with Gasteiger partial charge in [-0.05, 0) is 36.6 Å². The van der Waals surface area contributed by atoms with Crippen LogP contribution in [-0.2, 0) is 6.18 Å². The Morgan fingerprint density at radius 1 is 1.23 bits per heavy atom. The summed E-state index contributed by atoms with van der Waals surface area (Å²) < 4.78 is 50.0. The highest BCUT2D eigenvalue weighted by Crippen LogP contribution is 2.34. The molecule has 3 aromatic rings. The largest absolute Gasteiger partial charge is 0.491 e. The van der Waals surface area contributed by atoms with E-state index >= 15 is 0 Å². The number of nitrogens with zero attached hydrogens (tertiary/aromatic N) is 2. The number of oxazole rings is 1. The van der Waals surface area contributed by atoms with E-state index in [4.69, 9.17) is 9.15 Å². The lowest BCUT2D eigenvalue weighted by atomic mass is 10.1. The zero-order valence-corrected chi connectivity index (χ0v) is 14.5. The number of aromatic nitrogens is 2. The number of ether oxygens (including phenoxy) is 1. The zero-order chi connectivity index (χ0) is 18.7. The monoisotopic (exact) mass is 364 g/mol. The Balaban J connectivity index is 1.89. The summed E-state index contributed by atoms with van der Waals surface area (Å²) in [5, 5.41) is 0. The molecule has 1 atom stereocenters. The lowest BCUT2D eigenvalue weighted by Gasteiger charge is -2.11. The normalized spacial score (nSPS) is 13.1. The first kappa shape index (κ1) is 18.2. The molecular weight excluding hydrogens is 345 g/mol. The van der Waals surface area contributed by atoms with Gasteiger partial charge in [0.15, 0.2) is 5.58 Å². The minimum atomic E-state index is -4.42. The minimum Gasteiger partial charge on any atom is -0.491 e. The molecule has 138 valence electrons. The summed E-state index contributed by atoms with van der Waals surface area (Å²) in [6, 6.07) is 4.91. The summed E-state index contributed by atoms with van der Waals surface area (Å²) in [6.45, 7) is 4.78. The second-order valence-corrected chi connectivity index (χ2v) is 6.22. The van der Waals surface area contributed by atoms with E-state index in [0.29, 0.717) is 23.8 Å². The van der Waals surface area contributed by atoms with Gasteiger partial charge in [0.2, 0.25) is 5.89 Å². The van der Waals surface area contributed by atoms with Crippen LogP contribution in [0.1, 0.15) is 32.3 Å². The summed E-state index contributed by atoms with van der Waals surface area (Å²) in [5.41, 5.74) is 0.242. The van der Waals surface area contributed by atoms with Crippen molar-refractivity contribution in [1.29, 1.82) is 0 Å². The SMILES string of the molecule is CCC(C)CCOc1cnccc1-c1nc2cc(C(F)(F)F)ccc2o1. The van der Waals surface area contributed by atoms with Gasteiger partial charge in [-0.3, -0.25) is 4.98 Å². The standard InChI is InChI=1S/C19H19F3N2O2/c1-3-12(2)7-9-25-17-11-23-8-6-14(17)18-24-15-10-13(19(20,21)22)4-5-16(15)26-18/h4-6,8,10-12H,3,7,9H2,1-2H3. The number of pyridine rings is 1. The highest BCUT2D eigenvalue weighted by Gasteiger charge is 2.31. The van der Waals surface area contributed by atoms with Crippen LogP contribution in [0.3, 0.4) is 0 Å². The smallest absolute Gasteiger partial charge is 0.416 e. The fraction of sp³-hybridized carbons (Fsp3) is 0.368. The van der Waals surface area contributed by atoms with Crippen LogP contribution in [0.5, 0.6) is 5.75 Å². The number of hydrogen-bond acceptors (Lipinski definition) is 4. The van der Waals surface area contributed by atoms with Gasteiger partial charge < -0.3 is 9.15 Å². The molecule has 2 heterocycles. The Morgan fingerprint density at radius 3 is 2.77 bits per heavy atom. The van der Waals surface area contributed by atoms with E-state index in [2.05, 4.69) is 23.8 Å². The summed E-state index contributed by atoms with van der Waals surface area (Å²) in [4.78, 5) is 8.25. The molecule has 3 rings (SSSR count). The van der Waals surface area contributed by atoms with Crippen molar-refractivity contribution >= 4 is 11.1 Å². The maximum Gasteiger partial charge on any atom is 0.416 e. The molecule has 26 heavy (non-hydrogen) atoms. The Labute approximate surface area is 149 Å². The van der Waals surface area contributed by atoms with E-state index in [-0.39, 0.29) is 17.0 Å². The Bertz CT molecular complexity index is 890. The maximum atomic E-state index is 12.9. The van der Waals surface area contributed by atoms with E-state index in [0.717, 1.165) is 25.0 Å². The van der Waals surface area contributed by atoms with Gasteiger partial charge in [-0.15, -0.1) is 0 Å². The second kappa shape index (κ2) is 7.35. The summed E-state index contributed by atoms with van der Waals surface area (Å²) >= 11 is 0. The fourth-order valence-corrected chi connectivity index (χ4v) is 2.46. The van der Waals surface area contributed by atoms with E-state index in [1.807, 2.05) is 0 Å². The van der Waals surface area contributed by atoms with Gasteiger partial charge in [-0.2, -0.15) is 13.2 Å². The average Bonchev–Trinajstić information content (AvgIpc) is 3.04. The molecule has 0 N–H and O–H groups in total. The van der Waals surface area contributed by atoms with Crippen LogP contribution in [0.2, 0.25) is 0 Å². The summed E-state index contributed by atoms with van der Waals surface area (Å²) in [6.07, 6.45) is 0.659. The highest BCUT2D eigenvalue weighted by atomic mass is 19.4. The van der Waals surface area contributed by atoms with Crippen molar-refractivity contribution in [2.24, 2.45) is 5.92 Å². The molecule has 4 nitrogen and oxygen atoms in total. The van der Waals surface area contributed by atoms with Crippen molar-refractivity contribution in [3.05, 3.63) is 42.2 Å². The van der Waals surface area contributed by atoms with Crippen LogP contribution in [0, 0.1) is 5.92 Å². The van der Waals surface area contributed by atoms with Gasteiger partial charge in [0, 0.05) is 6.20 Å². The molecule has 0 bridgehead atoms. The third kappa shape index (κ3) is 3.98. The predicted molar refractivity (Wildman–Crippen MR) is 91.8 cm³/mol. The molecule has 1 aromatic carbocycles. The number of halogens is 3. The first-order chi connectivity index (χ1) is 12.4. The van der Waals surface area contributed by atoms with Crippen molar-refractivity contribution in [3.8, 4) is 17.2 Å². The van der Waals surface area contributed by atoms with Crippen LogP contribution >= 0.6 is 0 Å². The van der Waals surface area contributed by atoms with Crippen molar-refractivity contribution in [2.75, 3.05) is 6.61 Å². The lowest BCUT2D eigenvalue weighted by molar-refractivity contribution is -0.137. The maximum absolute atomic E-state index is 12.9. The molecule has 0 aliphatic heterocycles. The topological polar surface area (TPSA) is 48.2 Å². The van der Waals surface area contributed by atoms with E-state index in [1.165, 1.54) is 6.07 Å². The zero-order valence-electron chi connectivity index (χ0n) is 14.5. The second-order valence-electron chi connectivity index (χ2n) is 6.22. The van der Waals surface area contributed by atoms with Gasteiger partial charge in [0.1, 0.15) is 11.3 Å². The quantitative estimate of drug-likeness (QED) is 0.561. The average molecular weight is 364 g/mol. The molecule has 1 unspecified atom stereocenters.